The Hall–Kier alpha value is -4.69. The minimum absolute atomic E-state index is 0.0418. The van der Waals surface area contributed by atoms with Crippen LogP contribution in [0.1, 0.15) is 28.8 Å². The Morgan fingerprint density at radius 1 is 1.02 bits per heavy atom. The van der Waals surface area contributed by atoms with E-state index in [0.717, 1.165) is 18.1 Å². The molecule has 1 amide bonds. The second-order valence-electron chi connectivity index (χ2n) is 9.57. The summed E-state index contributed by atoms with van der Waals surface area (Å²) in [6, 6.07) is 15.7. The van der Waals surface area contributed by atoms with Crippen molar-refractivity contribution in [1.82, 2.24) is 9.71 Å². The van der Waals surface area contributed by atoms with E-state index >= 15 is 0 Å². The molecule has 4 aromatic rings. The molecule has 0 radical (unpaired) electrons. The molecule has 0 spiro atoms. The van der Waals surface area contributed by atoms with Crippen molar-refractivity contribution in [2.45, 2.75) is 37.2 Å². The Bertz CT molecular complexity index is 1720. The zero-order valence-corrected chi connectivity index (χ0v) is 23.6. The van der Waals surface area contributed by atoms with Gasteiger partial charge in [0.2, 0.25) is 0 Å². The molecule has 44 heavy (non-hydrogen) atoms. The number of hydrogen-bond donors (Lipinski definition) is 1. The molecule has 1 atom stereocenters. The van der Waals surface area contributed by atoms with Gasteiger partial charge in [-0.1, -0.05) is 6.07 Å². The highest BCUT2D eigenvalue weighted by molar-refractivity contribution is 7.90. The third kappa shape index (κ3) is 7.44. The van der Waals surface area contributed by atoms with E-state index in [1.54, 1.807) is 46.3 Å². The van der Waals surface area contributed by atoms with E-state index in [1.165, 1.54) is 24.3 Å². The number of amides is 1. The topological polar surface area (TPSA) is 107 Å². The maximum atomic E-state index is 14.1. The Balaban J connectivity index is 1.44. The number of alkyl halides is 2. The maximum Gasteiger partial charge on any atom is 0.387 e. The number of rotatable bonds is 11. The number of ether oxygens (including phenoxy) is 3. The van der Waals surface area contributed by atoms with Gasteiger partial charge in [-0.15, -0.1) is 0 Å². The molecule has 230 valence electrons. The summed E-state index contributed by atoms with van der Waals surface area (Å²) in [5.41, 5.74) is 1.76. The molecule has 3 aromatic carbocycles. The Kier molecular flexibility index (Phi) is 9.30. The van der Waals surface area contributed by atoms with Crippen LogP contribution in [0, 0.1) is 11.6 Å². The van der Waals surface area contributed by atoms with Crippen LogP contribution in [-0.4, -0.2) is 38.8 Å². The first kappa shape index (κ1) is 30.8. The number of carbonyl (C=O) groups excluding carboxylic acids is 1. The van der Waals surface area contributed by atoms with Crippen LogP contribution in [0.5, 0.6) is 11.5 Å². The molecule has 1 aromatic heterocycles. The summed E-state index contributed by atoms with van der Waals surface area (Å²) >= 11 is 0. The SMILES string of the molecule is O=C(NS(=O)(=O)c1ccc(F)cc1F)c1ccc(N(Cc2cccnc2)c2ccc(OC(F)F)c(OC3CCCO3)c2)cc1. The van der Waals surface area contributed by atoms with Gasteiger partial charge >= 0.3 is 6.61 Å². The fourth-order valence-electron chi connectivity index (χ4n) is 4.46. The molecule has 0 aliphatic carbocycles. The van der Waals surface area contributed by atoms with E-state index in [0.29, 0.717) is 36.5 Å². The van der Waals surface area contributed by atoms with Gasteiger partial charge in [-0.3, -0.25) is 9.78 Å². The van der Waals surface area contributed by atoms with Gasteiger partial charge in [-0.25, -0.2) is 21.9 Å². The third-order valence-corrected chi connectivity index (χ3v) is 7.88. The number of pyridine rings is 1. The summed E-state index contributed by atoms with van der Waals surface area (Å²) in [6.45, 7) is -2.35. The second-order valence-corrected chi connectivity index (χ2v) is 11.2. The van der Waals surface area contributed by atoms with Crippen molar-refractivity contribution < 1.29 is 45.0 Å². The molecule has 1 aliphatic rings. The third-order valence-electron chi connectivity index (χ3n) is 6.52. The molecule has 1 unspecified atom stereocenters. The lowest BCUT2D eigenvalue weighted by Gasteiger charge is -2.27. The summed E-state index contributed by atoms with van der Waals surface area (Å²) in [7, 11) is -4.64. The lowest BCUT2D eigenvalue weighted by molar-refractivity contribution is -0.0632. The van der Waals surface area contributed by atoms with Crippen molar-refractivity contribution in [1.29, 1.82) is 0 Å². The largest absolute Gasteiger partial charge is 0.461 e. The maximum absolute atomic E-state index is 14.1. The van der Waals surface area contributed by atoms with E-state index < -0.39 is 45.4 Å². The predicted molar refractivity (Wildman–Crippen MR) is 150 cm³/mol. The minimum Gasteiger partial charge on any atom is -0.461 e. The number of nitrogens with one attached hydrogen (secondary N) is 1. The monoisotopic (exact) mass is 631 g/mol. The lowest BCUT2D eigenvalue weighted by Crippen LogP contribution is -2.31. The Morgan fingerprint density at radius 2 is 1.80 bits per heavy atom. The van der Waals surface area contributed by atoms with E-state index in [-0.39, 0.29) is 23.6 Å². The average molecular weight is 632 g/mol. The standard InChI is InChI=1S/C30H25F4N3O6S/c31-21-7-12-27(24(32)15-21)44(39,40)36-29(38)20-5-8-22(9-6-20)37(18-19-3-1-13-35-17-19)23-10-11-25(43-30(33)34)26(16-23)42-28-4-2-14-41-28/h1,3,5-13,15-17,28,30H,2,4,14,18H2,(H,36,38). The highest BCUT2D eigenvalue weighted by Crippen LogP contribution is 2.38. The second kappa shape index (κ2) is 13.3. The average Bonchev–Trinajstić information content (AvgIpc) is 3.50. The number of hydrogen-bond acceptors (Lipinski definition) is 8. The van der Waals surface area contributed by atoms with Crippen LogP contribution in [0.4, 0.5) is 28.9 Å². The fourth-order valence-corrected chi connectivity index (χ4v) is 5.50. The molecular weight excluding hydrogens is 606 g/mol. The normalized spacial score (nSPS) is 14.8. The number of halogens is 4. The summed E-state index contributed by atoms with van der Waals surface area (Å²) < 4.78 is 96.5. The molecule has 0 saturated carbocycles. The molecular formula is C30H25F4N3O6S. The van der Waals surface area contributed by atoms with Crippen LogP contribution in [0.25, 0.3) is 0 Å². The molecule has 1 N–H and O–H groups in total. The van der Waals surface area contributed by atoms with Gasteiger partial charge in [0.15, 0.2) is 17.8 Å². The predicted octanol–water partition coefficient (Wildman–Crippen LogP) is 5.93. The minimum atomic E-state index is -4.64. The van der Waals surface area contributed by atoms with Crippen LogP contribution in [0.15, 0.2) is 90.1 Å². The lowest BCUT2D eigenvalue weighted by atomic mass is 10.1. The van der Waals surface area contributed by atoms with Crippen LogP contribution >= 0.6 is 0 Å². The van der Waals surface area contributed by atoms with Crippen molar-refractivity contribution >= 4 is 27.3 Å². The molecule has 1 saturated heterocycles. The van der Waals surface area contributed by atoms with E-state index in [2.05, 4.69) is 9.72 Å². The first-order valence-electron chi connectivity index (χ1n) is 13.2. The van der Waals surface area contributed by atoms with Gasteiger partial charge in [-0.2, -0.15) is 8.78 Å². The fraction of sp³-hybridized carbons (Fsp3) is 0.200. The van der Waals surface area contributed by atoms with Crippen LogP contribution in [0.3, 0.4) is 0 Å². The van der Waals surface area contributed by atoms with Crippen molar-refractivity contribution in [3.05, 3.63) is 108 Å². The van der Waals surface area contributed by atoms with Crippen molar-refractivity contribution in [3.8, 4) is 11.5 Å². The summed E-state index contributed by atoms with van der Waals surface area (Å²) in [5, 5.41) is 0. The Labute approximate surface area is 250 Å². The Morgan fingerprint density at radius 3 is 2.45 bits per heavy atom. The van der Waals surface area contributed by atoms with E-state index in [9.17, 15) is 30.8 Å². The van der Waals surface area contributed by atoms with Crippen LogP contribution < -0.4 is 19.1 Å². The highest BCUT2D eigenvalue weighted by Gasteiger charge is 2.24. The van der Waals surface area contributed by atoms with Gasteiger partial charge in [0.25, 0.3) is 15.9 Å². The molecule has 5 rings (SSSR count). The van der Waals surface area contributed by atoms with Gasteiger partial charge in [0.1, 0.15) is 16.5 Å². The van der Waals surface area contributed by atoms with Gasteiger partial charge in [0.05, 0.1) is 6.61 Å². The molecule has 1 aliphatic heterocycles. The number of carbonyl (C=O) groups is 1. The summed E-state index contributed by atoms with van der Waals surface area (Å²) in [6.07, 6.45) is 3.95. The van der Waals surface area contributed by atoms with Crippen LogP contribution in [-0.2, 0) is 21.3 Å². The van der Waals surface area contributed by atoms with E-state index in [4.69, 9.17) is 9.47 Å². The van der Waals surface area contributed by atoms with Crippen LogP contribution in [0.2, 0.25) is 0 Å². The van der Waals surface area contributed by atoms with Crippen molar-refractivity contribution in [2.24, 2.45) is 0 Å². The summed E-state index contributed by atoms with van der Waals surface area (Å²) in [4.78, 5) is 17.8. The molecule has 9 nitrogen and oxygen atoms in total. The molecule has 2 heterocycles. The molecule has 0 bridgehead atoms. The number of sulfonamides is 1. The zero-order valence-electron chi connectivity index (χ0n) is 22.8. The van der Waals surface area contributed by atoms with Crippen molar-refractivity contribution in [2.75, 3.05) is 11.5 Å². The zero-order chi connectivity index (χ0) is 31.3. The number of aromatic nitrogens is 1. The summed E-state index contributed by atoms with van der Waals surface area (Å²) in [5.74, 6) is -3.49. The number of benzene rings is 3. The van der Waals surface area contributed by atoms with Gasteiger partial charge in [-0.05, 0) is 66.6 Å². The van der Waals surface area contributed by atoms with Crippen molar-refractivity contribution in [3.63, 3.8) is 0 Å². The van der Waals surface area contributed by atoms with Gasteiger partial charge < -0.3 is 19.1 Å². The first-order chi connectivity index (χ1) is 21.1. The smallest absolute Gasteiger partial charge is 0.387 e. The highest BCUT2D eigenvalue weighted by atomic mass is 32.2. The van der Waals surface area contributed by atoms with E-state index in [1.807, 2.05) is 6.07 Å². The first-order valence-corrected chi connectivity index (χ1v) is 14.7. The molecule has 1 fully saturated rings. The quantitative estimate of drug-likeness (QED) is 0.203. The number of nitrogens with zero attached hydrogens (tertiary/aromatic N) is 2. The number of anilines is 2. The molecule has 14 heteroatoms. The van der Waals surface area contributed by atoms with Gasteiger partial charge in [0, 0.05) is 54.4 Å².